The fraction of sp³-hybridized carbons (Fsp3) is 0.364. The van der Waals surface area contributed by atoms with Gasteiger partial charge in [-0.3, -0.25) is 24.5 Å². The molecule has 0 saturated carbocycles. The first-order valence-corrected chi connectivity index (χ1v) is 6.80. The van der Waals surface area contributed by atoms with E-state index in [0.717, 1.165) is 28.6 Å². The average Bonchev–Trinajstić information content (AvgIpc) is 2.80. The number of nitrogens with one attached hydrogen (secondary N) is 1. The summed E-state index contributed by atoms with van der Waals surface area (Å²) in [6.07, 6.45) is 2.77. The number of thiazole rings is 1. The van der Waals surface area contributed by atoms with Gasteiger partial charge in [-0.2, -0.15) is 0 Å². The van der Waals surface area contributed by atoms with E-state index in [4.69, 9.17) is 0 Å². The molecule has 0 aliphatic rings. The maximum Gasteiger partial charge on any atom is 0.350 e. The Morgan fingerprint density at radius 2 is 2.25 bits per heavy atom. The lowest BCUT2D eigenvalue weighted by molar-refractivity contribution is -0.386. The van der Waals surface area contributed by atoms with E-state index in [-0.39, 0.29) is 6.54 Å². The van der Waals surface area contributed by atoms with Crippen LogP contribution < -0.4 is 11.2 Å². The molecule has 8 nitrogen and oxygen atoms in total. The Balaban J connectivity index is 2.33. The summed E-state index contributed by atoms with van der Waals surface area (Å²) in [5, 5.41) is 13.4. The van der Waals surface area contributed by atoms with Crippen molar-refractivity contribution in [3.8, 4) is 0 Å². The first-order chi connectivity index (χ1) is 9.51. The summed E-state index contributed by atoms with van der Waals surface area (Å²) in [7, 11) is 0. The summed E-state index contributed by atoms with van der Waals surface area (Å²) in [5.41, 5.74) is -1.71. The second kappa shape index (κ2) is 5.78. The van der Waals surface area contributed by atoms with E-state index in [9.17, 15) is 19.7 Å². The normalized spacial score (nSPS) is 10.7. The lowest BCUT2D eigenvalue weighted by atomic mass is 10.3. The molecule has 0 unspecified atom stereocenters. The highest BCUT2D eigenvalue weighted by Crippen LogP contribution is 2.12. The minimum atomic E-state index is -0.999. The fourth-order valence-corrected chi connectivity index (χ4v) is 2.56. The van der Waals surface area contributed by atoms with Crippen molar-refractivity contribution in [3.05, 3.63) is 53.2 Å². The molecule has 0 saturated heterocycles. The van der Waals surface area contributed by atoms with Crippen LogP contribution in [0.15, 0.2) is 21.2 Å². The zero-order chi connectivity index (χ0) is 14.7. The van der Waals surface area contributed by atoms with Crippen LogP contribution in [-0.2, 0) is 13.0 Å². The van der Waals surface area contributed by atoms with Gasteiger partial charge in [0, 0.05) is 5.38 Å². The van der Waals surface area contributed by atoms with E-state index in [2.05, 4.69) is 4.98 Å². The number of hydrogen-bond acceptors (Lipinski definition) is 6. The largest absolute Gasteiger partial charge is 0.350 e. The summed E-state index contributed by atoms with van der Waals surface area (Å²) in [4.78, 5) is 39.0. The summed E-state index contributed by atoms with van der Waals surface area (Å²) >= 11 is 1.48. The highest BCUT2D eigenvalue weighted by Gasteiger charge is 2.15. The Hall–Kier alpha value is -2.29. The molecule has 0 amide bonds. The predicted molar refractivity (Wildman–Crippen MR) is 73.2 cm³/mol. The fourth-order valence-electron chi connectivity index (χ4n) is 1.67. The quantitative estimate of drug-likeness (QED) is 0.651. The Morgan fingerprint density at radius 1 is 1.50 bits per heavy atom. The predicted octanol–water partition coefficient (Wildman–Crippen LogP) is 0.902. The smallest absolute Gasteiger partial charge is 0.288 e. The molecule has 1 N–H and O–H groups in total. The van der Waals surface area contributed by atoms with E-state index in [1.54, 1.807) is 5.38 Å². The lowest BCUT2D eigenvalue weighted by Gasteiger charge is -2.01. The molecule has 0 atom stereocenters. The molecule has 0 spiro atoms. The molecule has 0 aromatic carbocycles. The second-order valence-corrected chi connectivity index (χ2v) is 5.08. The van der Waals surface area contributed by atoms with Crippen LogP contribution in [0.1, 0.15) is 24.0 Å². The van der Waals surface area contributed by atoms with Crippen molar-refractivity contribution in [3.63, 3.8) is 0 Å². The van der Waals surface area contributed by atoms with Gasteiger partial charge in [-0.05, 0) is 12.8 Å². The number of aryl methyl sites for hydroxylation is 1. The van der Waals surface area contributed by atoms with Crippen LogP contribution in [0, 0.1) is 10.1 Å². The van der Waals surface area contributed by atoms with Crippen molar-refractivity contribution in [2.24, 2.45) is 0 Å². The highest BCUT2D eigenvalue weighted by molar-refractivity contribution is 7.09. The van der Waals surface area contributed by atoms with Crippen molar-refractivity contribution in [1.82, 2.24) is 14.5 Å². The maximum absolute atomic E-state index is 11.6. The average molecular weight is 296 g/mol. The summed E-state index contributed by atoms with van der Waals surface area (Å²) in [6, 6.07) is 0. The standard InChI is InChI=1S/C11H12N4O4S/c1-2-3-9-12-7(6-20-9)4-14-5-8(15(18)19)10(16)13-11(14)17/h5-6H,2-4H2,1H3,(H,13,16,17). The highest BCUT2D eigenvalue weighted by atomic mass is 32.1. The number of nitrogens with zero attached hydrogens (tertiary/aromatic N) is 3. The molecule has 2 aromatic rings. The number of hydrogen-bond donors (Lipinski definition) is 1. The zero-order valence-electron chi connectivity index (χ0n) is 10.7. The Morgan fingerprint density at radius 3 is 2.90 bits per heavy atom. The van der Waals surface area contributed by atoms with E-state index < -0.39 is 21.9 Å². The molecule has 106 valence electrons. The monoisotopic (exact) mass is 296 g/mol. The van der Waals surface area contributed by atoms with Gasteiger partial charge in [-0.15, -0.1) is 11.3 Å². The third-order valence-electron chi connectivity index (χ3n) is 2.58. The van der Waals surface area contributed by atoms with Crippen molar-refractivity contribution < 1.29 is 4.92 Å². The van der Waals surface area contributed by atoms with Gasteiger partial charge in [-0.1, -0.05) is 6.92 Å². The molecular formula is C11H12N4O4S. The van der Waals surface area contributed by atoms with Crippen molar-refractivity contribution in [2.75, 3.05) is 0 Å². The number of aromatic nitrogens is 3. The minimum absolute atomic E-state index is 0.0939. The summed E-state index contributed by atoms with van der Waals surface area (Å²) in [5.74, 6) is 0. The third kappa shape index (κ3) is 2.99. The number of aromatic amines is 1. The molecule has 2 heterocycles. The number of rotatable bonds is 5. The Bertz CT molecular complexity index is 745. The van der Waals surface area contributed by atoms with Gasteiger partial charge >= 0.3 is 16.9 Å². The topological polar surface area (TPSA) is 111 Å². The molecule has 0 bridgehead atoms. The lowest BCUT2D eigenvalue weighted by Crippen LogP contribution is -2.31. The van der Waals surface area contributed by atoms with Crippen LogP contribution in [0.5, 0.6) is 0 Å². The molecule has 0 radical (unpaired) electrons. The van der Waals surface area contributed by atoms with Gasteiger partial charge < -0.3 is 0 Å². The molecular weight excluding hydrogens is 284 g/mol. The van der Waals surface area contributed by atoms with Gasteiger partial charge in [0.05, 0.1) is 28.4 Å². The first kappa shape index (κ1) is 14.1. The summed E-state index contributed by atoms with van der Waals surface area (Å²) < 4.78 is 1.07. The van der Waals surface area contributed by atoms with Gasteiger partial charge in [0.1, 0.15) is 0 Å². The third-order valence-corrected chi connectivity index (χ3v) is 3.54. The molecule has 9 heteroatoms. The van der Waals surface area contributed by atoms with E-state index in [1.807, 2.05) is 11.9 Å². The maximum atomic E-state index is 11.6. The minimum Gasteiger partial charge on any atom is -0.288 e. The number of H-pyrrole nitrogens is 1. The van der Waals surface area contributed by atoms with Gasteiger partial charge in [0.25, 0.3) is 0 Å². The second-order valence-electron chi connectivity index (χ2n) is 4.14. The Kier molecular flexibility index (Phi) is 4.08. The zero-order valence-corrected chi connectivity index (χ0v) is 11.5. The molecule has 0 fully saturated rings. The van der Waals surface area contributed by atoms with Gasteiger partial charge in [0.2, 0.25) is 0 Å². The van der Waals surface area contributed by atoms with Crippen LogP contribution in [0.4, 0.5) is 5.69 Å². The van der Waals surface area contributed by atoms with E-state index >= 15 is 0 Å². The molecule has 2 aromatic heterocycles. The molecule has 0 aliphatic heterocycles. The SMILES string of the molecule is CCCc1nc(Cn2cc([N+](=O)[O-])c(=O)[nH]c2=O)cs1. The molecule has 20 heavy (non-hydrogen) atoms. The van der Waals surface area contributed by atoms with Crippen LogP contribution in [-0.4, -0.2) is 19.5 Å². The van der Waals surface area contributed by atoms with Crippen molar-refractivity contribution in [2.45, 2.75) is 26.3 Å². The summed E-state index contributed by atoms with van der Waals surface area (Å²) in [6.45, 7) is 2.13. The van der Waals surface area contributed by atoms with Gasteiger partial charge in [-0.25, -0.2) is 9.78 Å². The molecule has 0 aliphatic carbocycles. The van der Waals surface area contributed by atoms with E-state index in [0.29, 0.717) is 5.69 Å². The molecule has 2 rings (SSSR count). The van der Waals surface area contributed by atoms with Gasteiger partial charge in [0.15, 0.2) is 0 Å². The van der Waals surface area contributed by atoms with Crippen LogP contribution in [0.2, 0.25) is 0 Å². The Labute approximate surface area is 116 Å². The van der Waals surface area contributed by atoms with Crippen LogP contribution in [0.25, 0.3) is 0 Å². The van der Waals surface area contributed by atoms with Crippen LogP contribution >= 0.6 is 11.3 Å². The number of nitro groups is 1. The van der Waals surface area contributed by atoms with Crippen molar-refractivity contribution >= 4 is 17.0 Å². The van der Waals surface area contributed by atoms with E-state index in [1.165, 1.54) is 11.3 Å². The van der Waals surface area contributed by atoms with Crippen molar-refractivity contribution in [1.29, 1.82) is 0 Å². The first-order valence-electron chi connectivity index (χ1n) is 5.92. The van der Waals surface area contributed by atoms with Crippen LogP contribution in [0.3, 0.4) is 0 Å².